The average Bonchev–Trinajstić information content (AvgIpc) is 2.70. The molecule has 0 fully saturated rings. The van der Waals surface area contributed by atoms with Crippen molar-refractivity contribution in [1.82, 2.24) is 4.98 Å². The molecule has 9 heteroatoms. The van der Waals surface area contributed by atoms with Crippen LogP contribution in [0.15, 0.2) is 28.6 Å². The number of benzene rings is 1. The number of sulfonamides is 1. The van der Waals surface area contributed by atoms with Crippen LogP contribution >= 0.6 is 57.1 Å². The Balaban J connectivity index is 2.33. The van der Waals surface area contributed by atoms with Crippen molar-refractivity contribution in [3.05, 3.63) is 37.5 Å². The number of halogens is 3. The summed E-state index contributed by atoms with van der Waals surface area (Å²) in [6, 6.07) is 4.88. The summed E-state index contributed by atoms with van der Waals surface area (Å²) < 4.78 is 27.5. The molecule has 1 aromatic heterocycles. The maximum atomic E-state index is 12.0. The van der Waals surface area contributed by atoms with E-state index in [4.69, 9.17) is 23.2 Å². The molecule has 0 radical (unpaired) electrons. The maximum absolute atomic E-state index is 12.0. The summed E-state index contributed by atoms with van der Waals surface area (Å²) in [7, 11) is -3.65. The molecule has 0 saturated heterocycles. The van der Waals surface area contributed by atoms with Gasteiger partial charge in [-0.3, -0.25) is 4.72 Å². The Morgan fingerprint density at radius 2 is 2.06 bits per heavy atom. The third-order valence-corrected chi connectivity index (χ3v) is 5.97. The number of nitrogens with zero attached hydrogens (tertiary/aromatic N) is 1. The molecule has 1 aromatic carbocycles. The summed E-state index contributed by atoms with van der Waals surface area (Å²) >= 11 is 14.3. The van der Waals surface area contributed by atoms with Crippen LogP contribution in [0.5, 0.6) is 0 Å². The standard InChI is InChI=1S/C9H5Cl2IN2O2S2/c10-5-1-2-7(6(12)3-5)14-18(15,16)8-4-13-9(11)17-8/h1-4,14H. The van der Waals surface area contributed by atoms with E-state index in [2.05, 4.69) is 9.71 Å². The van der Waals surface area contributed by atoms with Crippen LogP contribution in [0.3, 0.4) is 0 Å². The van der Waals surface area contributed by atoms with E-state index < -0.39 is 10.0 Å². The Hall–Kier alpha value is -0.0900. The van der Waals surface area contributed by atoms with E-state index in [1.807, 2.05) is 22.6 Å². The summed E-state index contributed by atoms with van der Waals surface area (Å²) in [5.74, 6) is 0. The molecule has 2 aromatic rings. The smallest absolute Gasteiger partial charge is 0.273 e. The lowest BCUT2D eigenvalue weighted by atomic mass is 10.3. The van der Waals surface area contributed by atoms with Gasteiger partial charge in [0, 0.05) is 8.59 Å². The van der Waals surface area contributed by atoms with Gasteiger partial charge in [0.2, 0.25) is 0 Å². The maximum Gasteiger partial charge on any atom is 0.273 e. The second-order valence-electron chi connectivity index (χ2n) is 3.16. The molecule has 0 atom stereocenters. The molecule has 0 bridgehead atoms. The van der Waals surface area contributed by atoms with E-state index in [9.17, 15) is 8.42 Å². The molecule has 0 aliphatic rings. The van der Waals surface area contributed by atoms with Gasteiger partial charge in [-0.1, -0.05) is 34.5 Å². The lowest BCUT2D eigenvalue weighted by molar-refractivity contribution is 0.603. The fraction of sp³-hybridized carbons (Fsp3) is 0. The van der Waals surface area contributed by atoms with Gasteiger partial charge in [0.1, 0.15) is 0 Å². The van der Waals surface area contributed by atoms with Crippen LogP contribution < -0.4 is 4.72 Å². The average molecular weight is 435 g/mol. The molecule has 96 valence electrons. The molecule has 0 aliphatic heterocycles. The second-order valence-corrected chi connectivity index (χ2v) is 8.28. The van der Waals surface area contributed by atoms with Crippen LogP contribution in [-0.2, 0) is 10.0 Å². The van der Waals surface area contributed by atoms with E-state index in [1.54, 1.807) is 18.2 Å². The van der Waals surface area contributed by atoms with Crippen molar-refractivity contribution >= 4 is 72.8 Å². The number of anilines is 1. The highest BCUT2D eigenvalue weighted by molar-refractivity contribution is 14.1. The number of hydrogen-bond acceptors (Lipinski definition) is 4. The number of rotatable bonds is 3. The van der Waals surface area contributed by atoms with Crippen LogP contribution in [0.4, 0.5) is 5.69 Å². The van der Waals surface area contributed by atoms with Crippen molar-refractivity contribution in [1.29, 1.82) is 0 Å². The summed E-state index contributed by atoms with van der Waals surface area (Å²) in [6.07, 6.45) is 1.22. The molecule has 4 nitrogen and oxygen atoms in total. The Morgan fingerprint density at radius 3 is 2.61 bits per heavy atom. The summed E-state index contributed by atoms with van der Waals surface area (Å²) in [4.78, 5) is 3.70. The number of aromatic nitrogens is 1. The van der Waals surface area contributed by atoms with E-state index in [0.717, 1.165) is 11.3 Å². The minimum atomic E-state index is -3.65. The molecule has 0 aliphatic carbocycles. The Morgan fingerprint density at radius 1 is 1.33 bits per heavy atom. The zero-order chi connectivity index (χ0) is 13.3. The van der Waals surface area contributed by atoms with Gasteiger partial charge in [-0.25, -0.2) is 13.4 Å². The third-order valence-electron chi connectivity index (χ3n) is 1.90. The summed E-state index contributed by atoms with van der Waals surface area (Å²) in [5.41, 5.74) is 0.463. The van der Waals surface area contributed by atoms with Crippen LogP contribution in [0.1, 0.15) is 0 Å². The SMILES string of the molecule is O=S(=O)(Nc1ccc(Cl)cc1I)c1cnc(Cl)s1. The second kappa shape index (κ2) is 5.49. The van der Waals surface area contributed by atoms with Gasteiger partial charge in [0.05, 0.1) is 11.9 Å². The van der Waals surface area contributed by atoms with Crippen molar-refractivity contribution in [3.63, 3.8) is 0 Å². The van der Waals surface area contributed by atoms with Gasteiger partial charge in [-0.05, 0) is 40.8 Å². The van der Waals surface area contributed by atoms with Crippen molar-refractivity contribution in [2.75, 3.05) is 4.72 Å². The normalized spacial score (nSPS) is 11.5. The van der Waals surface area contributed by atoms with Gasteiger partial charge in [0.15, 0.2) is 8.68 Å². The van der Waals surface area contributed by atoms with Crippen LogP contribution in [0, 0.1) is 3.57 Å². The lowest BCUT2D eigenvalue weighted by Gasteiger charge is -2.08. The van der Waals surface area contributed by atoms with Gasteiger partial charge in [-0.15, -0.1) is 0 Å². The van der Waals surface area contributed by atoms with E-state index in [1.165, 1.54) is 6.20 Å². The van der Waals surface area contributed by atoms with Crippen LogP contribution in [0.25, 0.3) is 0 Å². The lowest BCUT2D eigenvalue weighted by Crippen LogP contribution is -2.12. The molecule has 0 saturated carbocycles. The minimum absolute atomic E-state index is 0.0678. The molecule has 0 amide bonds. The monoisotopic (exact) mass is 434 g/mol. The van der Waals surface area contributed by atoms with E-state index >= 15 is 0 Å². The molecule has 2 rings (SSSR count). The molecular weight excluding hydrogens is 430 g/mol. The zero-order valence-corrected chi connectivity index (χ0v) is 13.8. The van der Waals surface area contributed by atoms with E-state index in [-0.39, 0.29) is 8.68 Å². The minimum Gasteiger partial charge on any atom is -0.278 e. The van der Waals surface area contributed by atoms with Crippen LogP contribution in [-0.4, -0.2) is 13.4 Å². The first-order chi connectivity index (χ1) is 8.38. The predicted molar refractivity (Wildman–Crippen MR) is 82.1 cm³/mol. The fourth-order valence-corrected chi connectivity index (χ4v) is 4.69. The molecule has 1 N–H and O–H groups in total. The highest BCUT2D eigenvalue weighted by atomic mass is 127. The molecule has 18 heavy (non-hydrogen) atoms. The fourth-order valence-electron chi connectivity index (χ4n) is 1.13. The highest BCUT2D eigenvalue weighted by Gasteiger charge is 2.18. The molecule has 0 unspecified atom stereocenters. The third kappa shape index (κ3) is 3.27. The topological polar surface area (TPSA) is 59.1 Å². The van der Waals surface area contributed by atoms with Crippen molar-refractivity contribution in [3.8, 4) is 0 Å². The van der Waals surface area contributed by atoms with Gasteiger partial charge < -0.3 is 0 Å². The van der Waals surface area contributed by atoms with Crippen molar-refractivity contribution in [2.24, 2.45) is 0 Å². The van der Waals surface area contributed by atoms with E-state index in [0.29, 0.717) is 14.3 Å². The van der Waals surface area contributed by atoms with Crippen LogP contribution in [0.2, 0.25) is 9.49 Å². The van der Waals surface area contributed by atoms with Gasteiger partial charge in [-0.2, -0.15) is 0 Å². The highest BCUT2D eigenvalue weighted by Crippen LogP contribution is 2.27. The van der Waals surface area contributed by atoms with Crippen molar-refractivity contribution in [2.45, 2.75) is 4.21 Å². The zero-order valence-electron chi connectivity index (χ0n) is 8.52. The molecule has 0 spiro atoms. The summed E-state index contributed by atoms with van der Waals surface area (Å²) in [6.45, 7) is 0. The number of hydrogen-bond donors (Lipinski definition) is 1. The first-order valence-corrected chi connectivity index (χ1v) is 8.61. The summed E-state index contributed by atoms with van der Waals surface area (Å²) in [5, 5.41) is 0.545. The largest absolute Gasteiger partial charge is 0.278 e. The first-order valence-electron chi connectivity index (χ1n) is 4.48. The molecule has 1 heterocycles. The Labute approximate surface area is 132 Å². The van der Waals surface area contributed by atoms with Gasteiger partial charge >= 0.3 is 0 Å². The Kier molecular flexibility index (Phi) is 4.37. The predicted octanol–water partition coefficient (Wildman–Crippen LogP) is 3.86. The van der Waals surface area contributed by atoms with Crippen molar-refractivity contribution < 1.29 is 8.42 Å². The quantitative estimate of drug-likeness (QED) is 0.746. The molecular formula is C9H5Cl2IN2O2S2. The Bertz CT molecular complexity index is 688. The van der Waals surface area contributed by atoms with Gasteiger partial charge in [0.25, 0.3) is 10.0 Å². The number of thiazole rings is 1. The number of nitrogens with one attached hydrogen (secondary N) is 1. The first kappa shape index (κ1) is 14.3.